The highest BCUT2D eigenvalue weighted by Crippen LogP contribution is 2.22. The first-order valence-corrected chi connectivity index (χ1v) is 5.38. The Morgan fingerprint density at radius 2 is 2.44 bits per heavy atom. The van der Waals surface area contributed by atoms with Crippen LogP contribution in [-0.4, -0.2) is 23.5 Å². The van der Waals surface area contributed by atoms with E-state index in [2.05, 4.69) is 11.9 Å². The average molecular weight is 227 g/mol. The van der Waals surface area contributed by atoms with Gasteiger partial charge in [-0.3, -0.25) is 15.1 Å². The van der Waals surface area contributed by atoms with E-state index in [0.29, 0.717) is 12.3 Å². The molecule has 0 aromatic carbocycles. The quantitative estimate of drug-likeness (QED) is 0.321. The van der Waals surface area contributed by atoms with Crippen molar-refractivity contribution in [3.63, 3.8) is 0 Å². The predicted octanol–water partition coefficient (Wildman–Crippen LogP) is 1.44. The highest BCUT2D eigenvalue weighted by atomic mass is 16.7. The molecule has 1 atom stereocenters. The van der Waals surface area contributed by atoms with Gasteiger partial charge in [0.15, 0.2) is 0 Å². The van der Waals surface area contributed by atoms with E-state index in [1.54, 1.807) is 0 Å². The zero-order chi connectivity index (χ0) is 12.0. The number of rotatable bonds is 6. The Kier molecular flexibility index (Phi) is 4.42. The fourth-order valence-corrected chi connectivity index (χ4v) is 1.49. The molecule has 0 amide bonds. The predicted molar refractivity (Wildman–Crippen MR) is 60.6 cm³/mol. The van der Waals surface area contributed by atoms with E-state index in [9.17, 15) is 10.1 Å². The maximum Gasteiger partial charge on any atom is 0.366 e. The topological polar surface area (TPSA) is 90.8 Å². The van der Waals surface area contributed by atoms with Crippen LogP contribution in [0, 0.1) is 10.1 Å². The molecule has 1 unspecified atom stereocenters. The molecule has 16 heavy (non-hydrogen) atoms. The summed E-state index contributed by atoms with van der Waals surface area (Å²) in [5.41, 5.74) is 4.35. The van der Waals surface area contributed by atoms with Gasteiger partial charge >= 0.3 is 5.72 Å². The molecule has 0 fully saturated rings. The maximum absolute atomic E-state index is 11.0. The molecule has 0 aliphatic carbocycles. The summed E-state index contributed by atoms with van der Waals surface area (Å²) in [5, 5.41) is 11.0. The molecular formula is C10H17N3O3. The summed E-state index contributed by atoms with van der Waals surface area (Å²) in [4.78, 5) is 14.3. The lowest BCUT2D eigenvalue weighted by molar-refractivity contribution is -0.603. The highest BCUT2D eigenvalue weighted by Gasteiger charge is 2.44. The molecule has 6 nitrogen and oxygen atoms in total. The lowest BCUT2D eigenvalue weighted by atomic mass is 10.1. The summed E-state index contributed by atoms with van der Waals surface area (Å²) in [5.74, 6) is 0. The molecule has 1 aliphatic heterocycles. The lowest BCUT2D eigenvalue weighted by Crippen LogP contribution is -2.45. The van der Waals surface area contributed by atoms with Gasteiger partial charge < -0.3 is 10.5 Å². The van der Waals surface area contributed by atoms with Gasteiger partial charge in [0, 0.05) is 11.9 Å². The third-order valence-corrected chi connectivity index (χ3v) is 2.38. The number of unbranched alkanes of at least 4 members (excludes halogenated alkanes) is 2. The second-order valence-electron chi connectivity index (χ2n) is 3.82. The van der Waals surface area contributed by atoms with E-state index in [4.69, 9.17) is 10.5 Å². The van der Waals surface area contributed by atoms with Gasteiger partial charge in [0.05, 0.1) is 18.0 Å². The molecule has 0 saturated carbocycles. The second-order valence-corrected chi connectivity index (χ2v) is 3.82. The summed E-state index contributed by atoms with van der Waals surface area (Å²) in [7, 11) is 0. The van der Waals surface area contributed by atoms with Crippen molar-refractivity contribution in [2.24, 2.45) is 10.7 Å². The van der Waals surface area contributed by atoms with Crippen LogP contribution in [0.5, 0.6) is 0 Å². The fourth-order valence-electron chi connectivity index (χ4n) is 1.49. The van der Waals surface area contributed by atoms with Crippen molar-refractivity contribution < 1.29 is 9.66 Å². The van der Waals surface area contributed by atoms with Crippen molar-refractivity contribution in [3.05, 3.63) is 22.0 Å². The summed E-state index contributed by atoms with van der Waals surface area (Å²) in [6.45, 7) is 2.42. The summed E-state index contributed by atoms with van der Waals surface area (Å²) < 4.78 is 5.34. The van der Waals surface area contributed by atoms with Crippen LogP contribution in [0.3, 0.4) is 0 Å². The molecule has 0 bridgehead atoms. The smallest absolute Gasteiger partial charge is 0.366 e. The number of nitrogens with two attached hydrogens (primary N) is 1. The van der Waals surface area contributed by atoms with Crippen molar-refractivity contribution in [2.75, 3.05) is 6.61 Å². The van der Waals surface area contributed by atoms with Gasteiger partial charge in [0.25, 0.3) is 0 Å². The number of aliphatic imine (C=N–C) groups is 1. The Hall–Kier alpha value is -1.43. The molecule has 0 spiro atoms. The maximum atomic E-state index is 11.0. The number of nitro groups is 1. The number of ether oxygens (including phenoxy) is 1. The zero-order valence-electron chi connectivity index (χ0n) is 9.39. The Bertz CT molecular complexity index is 314. The van der Waals surface area contributed by atoms with E-state index >= 15 is 0 Å². The van der Waals surface area contributed by atoms with Crippen LogP contribution in [0.2, 0.25) is 0 Å². The molecule has 2 N–H and O–H groups in total. The van der Waals surface area contributed by atoms with Gasteiger partial charge in [-0.1, -0.05) is 19.8 Å². The molecule has 1 rings (SSSR count). The SMILES string of the molecule is CCCCCOC1([N+](=O)[O-])C=NC=C(N)C1. The fraction of sp³-hybridized carbons (Fsp3) is 0.700. The monoisotopic (exact) mass is 227 g/mol. The van der Waals surface area contributed by atoms with E-state index in [-0.39, 0.29) is 6.42 Å². The van der Waals surface area contributed by atoms with Gasteiger partial charge in [0.1, 0.15) is 6.21 Å². The molecular weight excluding hydrogens is 210 g/mol. The van der Waals surface area contributed by atoms with E-state index in [0.717, 1.165) is 19.3 Å². The van der Waals surface area contributed by atoms with Crippen LogP contribution in [0.25, 0.3) is 0 Å². The molecule has 1 heterocycles. The van der Waals surface area contributed by atoms with Gasteiger partial charge in [0.2, 0.25) is 0 Å². The van der Waals surface area contributed by atoms with E-state index < -0.39 is 10.6 Å². The largest absolute Gasteiger partial charge is 0.400 e. The van der Waals surface area contributed by atoms with Crippen LogP contribution in [0.4, 0.5) is 0 Å². The van der Waals surface area contributed by atoms with E-state index in [1.807, 2.05) is 0 Å². The third-order valence-electron chi connectivity index (χ3n) is 2.38. The van der Waals surface area contributed by atoms with Crippen molar-refractivity contribution in [2.45, 2.75) is 38.3 Å². The summed E-state index contributed by atoms with van der Waals surface area (Å²) in [6, 6.07) is 0. The minimum atomic E-state index is -1.56. The first-order chi connectivity index (χ1) is 7.60. The van der Waals surface area contributed by atoms with Crippen molar-refractivity contribution in [3.8, 4) is 0 Å². The van der Waals surface area contributed by atoms with Gasteiger partial charge in [-0.2, -0.15) is 0 Å². The molecule has 90 valence electrons. The third kappa shape index (κ3) is 3.03. The Labute approximate surface area is 94.3 Å². The van der Waals surface area contributed by atoms with Crippen molar-refractivity contribution >= 4 is 6.21 Å². The highest BCUT2D eigenvalue weighted by molar-refractivity contribution is 5.69. The molecule has 1 aliphatic rings. The van der Waals surface area contributed by atoms with Crippen LogP contribution < -0.4 is 5.73 Å². The van der Waals surface area contributed by atoms with Crippen molar-refractivity contribution in [1.29, 1.82) is 0 Å². The molecule has 0 aromatic rings. The van der Waals surface area contributed by atoms with Crippen LogP contribution in [-0.2, 0) is 4.74 Å². The standard InChI is InChI=1S/C10H17N3O3/c1-2-3-4-5-16-10(13(14)15)6-9(11)7-12-8-10/h7-8H,2-6,11H2,1H3. The zero-order valence-corrected chi connectivity index (χ0v) is 9.39. The Balaban J connectivity index is 2.58. The second kappa shape index (κ2) is 5.60. The minimum Gasteiger partial charge on any atom is -0.400 e. The Morgan fingerprint density at radius 3 is 3.00 bits per heavy atom. The molecule has 0 aromatic heterocycles. The van der Waals surface area contributed by atoms with Gasteiger partial charge in [-0.05, 0) is 6.42 Å². The van der Waals surface area contributed by atoms with Crippen molar-refractivity contribution in [1.82, 2.24) is 0 Å². The average Bonchev–Trinajstić information content (AvgIpc) is 2.24. The first-order valence-electron chi connectivity index (χ1n) is 5.38. The van der Waals surface area contributed by atoms with Gasteiger partial charge in [-0.25, -0.2) is 0 Å². The number of nitrogens with zero attached hydrogens (tertiary/aromatic N) is 2. The lowest BCUT2D eigenvalue weighted by Gasteiger charge is -2.23. The minimum absolute atomic E-state index is 0.0651. The van der Waals surface area contributed by atoms with Crippen LogP contribution in [0.1, 0.15) is 32.6 Å². The molecule has 0 radical (unpaired) electrons. The summed E-state index contributed by atoms with van der Waals surface area (Å²) in [6.07, 6.45) is 5.55. The Morgan fingerprint density at radius 1 is 1.69 bits per heavy atom. The number of hydrogen-bond acceptors (Lipinski definition) is 5. The first kappa shape index (κ1) is 12.6. The number of hydrogen-bond donors (Lipinski definition) is 1. The summed E-state index contributed by atoms with van der Waals surface area (Å²) >= 11 is 0. The normalized spacial score (nSPS) is 24.2. The van der Waals surface area contributed by atoms with E-state index in [1.165, 1.54) is 12.4 Å². The van der Waals surface area contributed by atoms with Crippen LogP contribution >= 0.6 is 0 Å². The van der Waals surface area contributed by atoms with Crippen LogP contribution in [0.15, 0.2) is 16.9 Å². The van der Waals surface area contributed by atoms with Gasteiger partial charge in [-0.15, -0.1) is 0 Å². The molecule has 6 heteroatoms. The molecule has 0 saturated heterocycles.